The fourth-order valence-electron chi connectivity index (χ4n) is 5.44. The third-order valence-corrected chi connectivity index (χ3v) is 7.22. The van der Waals surface area contributed by atoms with E-state index in [1.54, 1.807) is 0 Å². The fourth-order valence-corrected chi connectivity index (χ4v) is 5.44. The number of carbonyl (C=O) groups is 6. The molecular formula is C24H24N2O6. The maximum Gasteiger partial charge on any atom is 0.181 e. The number of Topliss-reactive ketones (excluding diaryl/α,β-unsaturated/α-hetero) is 6. The van der Waals surface area contributed by atoms with Crippen LogP contribution in [-0.2, 0) is 9.59 Å². The summed E-state index contributed by atoms with van der Waals surface area (Å²) in [6.07, 6.45) is 1.93. The quantitative estimate of drug-likeness (QED) is 0.628. The zero-order valence-corrected chi connectivity index (χ0v) is 17.6. The Hall–Kier alpha value is -2.84. The molecule has 8 nitrogen and oxygen atoms in total. The Balaban J connectivity index is 1.39. The van der Waals surface area contributed by atoms with E-state index in [9.17, 15) is 28.8 Å². The first-order valence-electron chi connectivity index (χ1n) is 11.2. The summed E-state index contributed by atoms with van der Waals surface area (Å²) in [4.78, 5) is 77.2. The summed E-state index contributed by atoms with van der Waals surface area (Å²) in [5.41, 5.74) is 0.0218. The normalized spacial score (nSPS) is 25.6. The van der Waals surface area contributed by atoms with Gasteiger partial charge in [0.1, 0.15) is 11.8 Å². The predicted molar refractivity (Wildman–Crippen MR) is 112 cm³/mol. The van der Waals surface area contributed by atoms with Gasteiger partial charge in [-0.05, 0) is 63.0 Å². The summed E-state index contributed by atoms with van der Waals surface area (Å²) in [5.74, 6) is -5.89. The van der Waals surface area contributed by atoms with Gasteiger partial charge in [-0.3, -0.25) is 28.8 Å². The average molecular weight is 436 g/mol. The molecule has 0 spiro atoms. The highest BCUT2D eigenvalue weighted by Gasteiger charge is 2.49. The molecule has 1 aromatic carbocycles. The molecule has 1 aromatic rings. The number of benzene rings is 1. The molecule has 2 fully saturated rings. The first-order chi connectivity index (χ1) is 15.4. The predicted octanol–water partition coefficient (Wildman–Crippen LogP) is 0.814. The van der Waals surface area contributed by atoms with E-state index in [4.69, 9.17) is 0 Å². The lowest BCUT2D eigenvalue weighted by molar-refractivity contribution is -0.122. The first-order valence-corrected chi connectivity index (χ1v) is 11.2. The van der Waals surface area contributed by atoms with Crippen molar-refractivity contribution < 1.29 is 28.8 Å². The number of rotatable bonds is 6. The topological polar surface area (TPSA) is 126 Å². The van der Waals surface area contributed by atoms with E-state index >= 15 is 0 Å². The molecule has 2 atom stereocenters. The number of carbonyl (C=O) groups excluding carboxylic acids is 6. The van der Waals surface area contributed by atoms with Gasteiger partial charge in [0.2, 0.25) is 0 Å². The van der Waals surface area contributed by atoms with Crippen LogP contribution in [0.4, 0.5) is 0 Å². The third kappa shape index (κ3) is 3.29. The van der Waals surface area contributed by atoms with Gasteiger partial charge >= 0.3 is 0 Å². The molecule has 2 N–H and O–H groups in total. The number of hydrogen-bond donors (Lipinski definition) is 2. The second-order valence-electron chi connectivity index (χ2n) is 9.32. The smallest absolute Gasteiger partial charge is 0.181 e. The summed E-state index contributed by atoms with van der Waals surface area (Å²) in [5, 5.41) is 6.31. The lowest BCUT2D eigenvalue weighted by Gasteiger charge is -2.10. The van der Waals surface area contributed by atoms with Crippen LogP contribution in [0.1, 0.15) is 67.1 Å². The van der Waals surface area contributed by atoms with Gasteiger partial charge in [-0.15, -0.1) is 0 Å². The summed E-state index contributed by atoms with van der Waals surface area (Å²) in [6.45, 7) is 2.96. The van der Waals surface area contributed by atoms with Gasteiger partial charge in [-0.2, -0.15) is 0 Å². The van der Waals surface area contributed by atoms with Gasteiger partial charge in [0.25, 0.3) is 0 Å². The van der Waals surface area contributed by atoms with Crippen LogP contribution in [0.15, 0.2) is 12.1 Å². The fraction of sp³-hybridized carbons (Fsp3) is 0.500. The van der Waals surface area contributed by atoms with Crippen molar-refractivity contribution in [2.24, 2.45) is 23.7 Å². The standard InChI is InChI=1S/C24H24N2O6/c27-17(5-11-1-3-25-9-11)19-21(29)13-7-15-16(8-14(13)22(19)30)24(32)20(23(15)31)18(28)6-12-2-4-26-10-12/h7-8,11-12,19-20,25-26H,1-6,9-10H2. The molecule has 2 saturated heterocycles. The van der Waals surface area contributed by atoms with Crippen LogP contribution in [0.2, 0.25) is 0 Å². The third-order valence-electron chi connectivity index (χ3n) is 7.22. The van der Waals surface area contributed by atoms with E-state index < -0.39 is 46.5 Å². The van der Waals surface area contributed by atoms with E-state index in [2.05, 4.69) is 10.6 Å². The highest BCUT2D eigenvalue weighted by Crippen LogP contribution is 2.37. The molecule has 4 aliphatic rings. The van der Waals surface area contributed by atoms with Crippen LogP contribution in [0.25, 0.3) is 0 Å². The van der Waals surface area contributed by atoms with Gasteiger partial charge < -0.3 is 10.6 Å². The number of fused-ring (bicyclic) bond motifs is 2. The molecular weight excluding hydrogens is 412 g/mol. The zero-order chi connectivity index (χ0) is 22.6. The van der Waals surface area contributed by atoms with E-state index in [-0.39, 0.29) is 46.9 Å². The monoisotopic (exact) mass is 436 g/mol. The molecule has 0 aromatic heterocycles. The van der Waals surface area contributed by atoms with Crippen LogP contribution >= 0.6 is 0 Å². The summed E-state index contributed by atoms with van der Waals surface area (Å²) in [7, 11) is 0. The number of hydrogen-bond acceptors (Lipinski definition) is 8. The molecule has 0 bridgehead atoms. The Morgan fingerprint density at radius 2 is 1.00 bits per heavy atom. The second kappa shape index (κ2) is 7.94. The van der Waals surface area contributed by atoms with E-state index in [0.717, 1.165) is 25.9 Å². The molecule has 5 rings (SSSR count). The Morgan fingerprint density at radius 1 is 0.656 bits per heavy atom. The highest BCUT2D eigenvalue weighted by molar-refractivity contribution is 6.39. The van der Waals surface area contributed by atoms with Gasteiger partial charge in [-0.25, -0.2) is 0 Å². The Kier molecular flexibility index (Phi) is 5.22. The Bertz CT molecular complexity index is 942. The van der Waals surface area contributed by atoms with E-state index in [0.29, 0.717) is 13.1 Å². The first kappa shape index (κ1) is 21.0. The van der Waals surface area contributed by atoms with Gasteiger partial charge in [0.15, 0.2) is 34.7 Å². The Morgan fingerprint density at radius 3 is 1.28 bits per heavy atom. The molecule has 2 aliphatic heterocycles. The van der Waals surface area contributed by atoms with Gasteiger partial charge in [0, 0.05) is 35.1 Å². The average Bonchev–Trinajstić information content (AvgIpc) is 3.53. The van der Waals surface area contributed by atoms with Crippen molar-refractivity contribution in [2.45, 2.75) is 25.7 Å². The van der Waals surface area contributed by atoms with Crippen LogP contribution in [0.5, 0.6) is 0 Å². The van der Waals surface area contributed by atoms with Gasteiger partial charge in [-0.1, -0.05) is 0 Å². The summed E-state index contributed by atoms with van der Waals surface area (Å²) >= 11 is 0. The van der Waals surface area contributed by atoms with Crippen molar-refractivity contribution in [1.29, 1.82) is 0 Å². The highest BCUT2D eigenvalue weighted by atomic mass is 16.2. The molecule has 0 radical (unpaired) electrons. The van der Waals surface area contributed by atoms with Crippen LogP contribution in [-0.4, -0.2) is 60.9 Å². The van der Waals surface area contributed by atoms with Crippen LogP contribution in [0, 0.1) is 23.7 Å². The summed E-state index contributed by atoms with van der Waals surface area (Å²) in [6, 6.07) is 2.50. The number of nitrogens with one attached hydrogen (secondary N) is 2. The molecule has 8 heteroatoms. The van der Waals surface area contributed by atoms with Crippen LogP contribution < -0.4 is 10.6 Å². The minimum atomic E-state index is -1.40. The molecule has 2 unspecified atom stereocenters. The van der Waals surface area contributed by atoms with Crippen molar-refractivity contribution in [3.8, 4) is 0 Å². The van der Waals surface area contributed by atoms with Crippen molar-refractivity contribution in [3.05, 3.63) is 34.4 Å². The molecule has 166 valence electrons. The Labute approximate surface area is 184 Å². The van der Waals surface area contributed by atoms with Crippen molar-refractivity contribution in [1.82, 2.24) is 10.6 Å². The molecule has 0 amide bonds. The lowest BCUT2D eigenvalue weighted by atomic mass is 9.90. The molecule has 2 heterocycles. The van der Waals surface area contributed by atoms with E-state index in [1.165, 1.54) is 12.1 Å². The zero-order valence-electron chi connectivity index (χ0n) is 17.6. The van der Waals surface area contributed by atoms with E-state index in [1.807, 2.05) is 0 Å². The minimum Gasteiger partial charge on any atom is -0.316 e. The maximum atomic E-state index is 12.9. The molecule has 0 saturated carbocycles. The SMILES string of the molecule is O=C(CC1CCNC1)C1C(=O)c2cc3c(cc2C1=O)C(=O)C(C(=O)CC1CCNC1)C3=O. The van der Waals surface area contributed by atoms with Crippen molar-refractivity contribution in [2.75, 3.05) is 26.2 Å². The van der Waals surface area contributed by atoms with Gasteiger partial charge in [0.05, 0.1) is 0 Å². The lowest BCUT2D eigenvalue weighted by Crippen LogP contribution is -2.28. The van der Waals surface area contributed by atoms with Crippen molar-refractivity contribution >= 4 is 34.7 Å². The maximum absolute atomic E-state index is 12.9. The minimum absolute atomic E-state index is 0.00545. The molecule has 32 heavy (non-hydrogen) atoms. The summed E-state index contributed by atoms with van der Waals surface area (Å²) < 4.78 is 0. The largest absolute Gasteiger partial charge is 0.316 e. The van der Waals surface area contributed by atoms with Crippen molar-refractivity contribution in [3.63, 3.8) is 0 Å². The van der Waals surface area contributed by atoms with Crippen LogP contribution in [0.3, 0.4) is 0 Å². The molecule has 2 aliphatic carbocycles. The second-order valence-corrected chi connectivity index (χ2v) is 9.32. The number of ketones is 6.